The molecule has 1 aromatic heterocycles. The fourth-order valence-corrected chi connectivity index (χ4v) is 2.59. The summed E-state index contributed by atoms with van der Waals surface area (Å²) in [6.45, 7) is 6.56. The van der Waals surface area contributed by atoms with Gasteiger partial charge in [-0.05, 0) is 24.3 Å². The van der Waals surface area contributed by atoms with E-state index in [0.717, 1.165) is 21.5 Å². The molecular formula is C13H16N2S. The highest BCUT2D eigenvalue weighted by Gasteiger charge is 2.15. The van der Waals surface area contributed by atoms with Gasteiger partial charge in [0.25, 0.3) is 0 Å². The first kappa shape index (κ1) is 11.3. The summed E-state index contributed by atoms with van der Waals surface area (Å²) in [4.78, 5) is 5.42. The summed E-state index contributed by atoms with van der Waals surface area (Å²) < 4.78 is 0.171. The summed E-state index contributed by atoms with van der Waals surface area (Å²) in [5.41, 5.74) is 7.96. The lowest BCUT2D eigenvalue weighted by atomic mass is 10.2. The normalized spacial score (nSPS) is 11.9. The molecule has 2 N–H and O–H groups in total. The molecule has 3 heteroatoms. The summed E-state index contributed by atoms with van der Waals surface area (Å²) in [6, 6.07) is 8.02. The number of benzene rings is 1. The van der Waals surface area contributed by atoms with Crippen LogP contribution in [0, 0.1) is 0 Å². The molecule has 0 aliphatic heterocycles. The van der Waals surface area contributed by atoms with E-state index in [1.54, 1.807) is 18.0 Å². The van der Waals surface area contributed by atoms with Crippen molar-refractivity contribution in [2.45, 2.75) is 30.4 Å². The largest absolute Gasteiger partial charge is 0.397 e. The summed E-state index contributed by atoms with van der Waals surface area (Å²) in [5, 5.41) is 1.04. The van der Waals surface area contributed by atoms with Crippen molar-refractivity contribution in [1.29, 1.82) is 0 Å². The Hall–Kier alpha value is -1.22. The Labute approximate surface area is 100 Å². The number of nitrogens with zero attached hydrogens (tertiary/aromatic N) is 1. The Morgan fingerprint density at radius 2 is 1.94 bits per heavy atom. The first-order valence-corrected chi connectivity index (χ1v) is 6.11. The van der Waals surface area contributed by atoms with Crippen molar-refractivity contribution >= 4 is 28.4 Å². The van der Waals surface area contributed by atoms with E-state index in [4.69, 9.17) is 5.73 Å². The highest BCUT2D eigenvalue weighted by molar-refractivity contribution is 8.00. The number of aromatic nitrogens is 1. The van der Waals surface area contributed by atoms with Gasteiger partial charge < -0.3 is 5.73 Å². The van der Waals surface area contributed by atoms with E-state index in [-0.39, 0.29) is 4.75 Å². The van der Waals surface area contributed by atoms with Gasteiger partial charge in [-0.25, -0.2) is 0 Å². The first-order chi connectivity index (χ1) is 7.47. The van der Waals surface area contributed by atoms with E-state index < -0.39 is 0 Å². The zero-order valence-corrected chi connectivity index (χ0v) is 10.6. The Morgan fingerprint density at radius 1 is 1.19 bits per heavy atom. The van der Waals surface area contributed by atoms with E-state index in [1.807, 2.05) is 18.2 Å². The lowest BCUT2D eigenvalue weighted by Crippen LogP contribution is -2.07. The van der Waals surface area contributed by atoms with Crippen molar-refractivity contribution in [1.82, 2.24) is 4.98 Å². The van der Waals surface area contributed by atoms with Crippen LogP contribution in [0.1, 0.15) is 20.8 Å². The maximum Gasteiger partial charge on any atom is 0.0723 e. The van der Waals surface area contributed by atoms with E-state index in [2.05, 4.69) is 31.8 Å². The standard InChI is InChI=1S/C13H16N2S/c1-13(2,3)16-11-7-6-10-9(12(11)14)5-4-8-15-10/h4-8H,14H2,1-3H3. The average Bonchev–Trinajstić information content (AvgIpc) is 2.21. The second kappa shape index (κ2) is 3.98. The quantitative estimate of drug-likeness (QED) is 0.602. The molecule has 0 aliphatic rings. The molecule has 0 atom stereocenters. The summed E-state index contributed by atoms with van der Waals surface area (Å²) in [6.07, 6.45) is 1.79. The monoisotopic (exact) mass is 232 g/mol. The van der Waals surface area contributed by atoms with Crippen molar-refractivity contribution in [3.63, 3.8) is 0 Å². The molecule has 1 heterocycles. The van der Waals surface area contributed by atoms with Crippen LogP contribution >= 0.6 is 11.8 Å². The molecule has 0 fully saturated rings. The minimum atomic E-state index is 0.171. The molecule has 0 aliphatic carbocycles. The number of fused-ring (bicyclic) bond motifs is 1. The van der Waals surface area contributed by atoms with Gasteiger partial charge in [0, 0.05) is 21.2 Å². The third-order valence-corrected chi connectivity index (χ3v) is 3.39. The predicted molar refractivity (Wildman–Crippen MR) is 71.8 cm³/mol. The van der Waals surface area contributed by atoms with Crippen molar-refractivity contribution in [3.05, 3.63) is 30.5 Å². The third-order valence-electron chi connectivity index (χ3n) is 2.20. The SMILES string of the molecule is CC(C)(C)Sc1ccc2ncccc2c1N. The van der Waals surface area contributed by atoms with E-state index >= 15 is 0 Å². The minimum absolute atomic E-state index is 0.171. The second-order valence-corrected chi connectivity index (χ2v) is 6.63. The van der Waals surface area contributed by atoms with Crippen molar-refractivity contribution in [2.24, 2.45) is 0 Å². The van der Waals surface area contributed by atoms with Gasteiger partial charge in [-0.2, -0.15) is 0 Å². The third kappa shape index (κ3) is 2.30. The molecule has 0 saturated carbocycles. The number of rotatable bonds is 1. The van der Waals surface area contributed by atoms with Crippen LogP contribution in [0.15, 0.2) is 35.4 Å². The zero-order valence-electron chi connectivity index (χ0n) is 9.82. The maximum absolute atomic E-state index is 6.17. The van der Waals surface area contributed by atoms with Crippen molar-refractivity contribution < 1.29 is 0 Å². The number of hydrogen-bond acceptors (Lipinski definition) is 3. The highest BCUT2D eigenvalue weighted by atomic mass is 32.2. The van der Waals surface area contributed by atoms with Gasteiger partial charge in [0.05, 0.1) is 11.2 Å². The molecule has 84 valence electrons. The zero-order chi connectivity index (χ0) is 11.8. The van der Waals surface area contributed by atoms with Crippen molar-refractivity contribution in [2.75, 3.05) is 5.73 Å². The van der Waals surface area contributed by atoms with Gasteiger partial charge in [-0.15, -0.1) is 11.8 Å². The van der Waals surface area contributed by atoms with Gasteiger partial charge in [0.2, 0.25) is 0 Å². The van der Waals surface area contributed by atoms with E-state index in [0.29, 0.717) is 0 Å². The molecule has 0 saturated heterocycles. The van der Waals surface area contributed by atoms with Gasteiger partial charge >= 0.3 is 0 Å². The maximum atomic E-state index is 6.17. The number of nitrogen functional groups attached to an aromatic ring is 1. The molecule has 0 bridgehead atoms. The minimum Gasteiger partial charge on any atom is -0.397 e. The van der Waals surface area contributed by atoms with Crippen LogP contribution in [-0.2, 0) is 0 Å². The Bertz CT molecular complexity index is 515. The van der Waals surface area contributed by atoms with Crippen LogP contribution in [0.5, 0.6) is 0 Å². The van der Waals surface area contributed by atoms with Crippen LogP contribution in [-0.4, -0.2) is 9.73 Å². The van der Waals surface area contributed by atoms with E-state index in [9.17, 15) is 0 Å². The lowest BCUT2D eigenvalue weighted by Gasteiger charge is -2.19. The fourth-order valence-electron chi connectivity index (χ4n) is 1.57. The lowest BCUT2D eigenvalue weighted by molar-refractivity contribution is 0.803. The average molecular weight is 232 g/mol. The van der Waals surface area contributed by atoms with Crippen LogP contribution < -0.4 is 5.73 Å². The van der Waals surface area contributed by atoms with Gasteiger partial charge in [-0.1, -0.05) is 20.8 Å². The summed E-state index contributed by atoms with van der Waals surface area (Å²) >= 11 is 1.79. The fraction of sp³-hybridized carbons (Fsp3) is 0.308. The molecule has 0 amide bonds. The van der Waals surface area contributed by atoms with Gasteiger partial charge in [-0.3, -0.25) is 4.98 Å². The summed E-state index contributed by atoms with van der Waals surface area (Å²) in [5.74, 6) is 0. The Morgan fingerprint density at radius 3 is 2.62 bits per heavy atom. The predicted octanol–water partition coefficient (Wildman–Crippen LogP) is 3.71. The van der Waals surface area contributed by atoms with Gasteiger partial charge in [0.1, 0.15) is 0 Å². The van der Waals surface area contributed by atoms with Crippen molar-refractivity contribution in [3.8, 4) is 0 Å². The number of thioether (sulfide) groups is 1. The molecule has 0 radical (unpaired) electrons. The second-order valence-electron chi connectivity index (χ2n) is 4.76. The number of hydrogen-bond donors (Lipinski definition) is 1. The molecule has 2 rings (SSSR count). The molecular weight excluding hydrogens is 216 g/mol. The number of nitrogens with two attached hydrogens (primary N) is 1. The molecule has 2 nitrogen and oxygen atoms in total. The smallest absolute Gasteiger partial charge is 0.0723 e. The molecule has 2 aromatic rings. The van der Waals surface area contributed by atoms with Crippen LogP contribution in [0.2, 0.25) is 0 Å². The first-order valence-electron chi connectivity index (χ1n) is 5.29. The van der Waals surface area contributed by atoms with Crippen LogP contribution in [0.3, 0.4) is 0 Å². The number of pyridine rings is 1. The molecule has 16 heavy (non-hydrogen) atoms. The molecule has 1 aromatic carbocycles. The Balaban J connectivity index is 2.53. The van der Waals surface area contributed by atoms with Crippen LogP contribution in [0.25, 0.3) is 10.9 Å². The van der Waals surface area contributed by atoms with E-state index in [1.165, 1.54) is 0 Å². The molecule has 0 spiro atoms. The summed E-state index contributed by atoms with van der Waals surface area (Å²) in [7, 11) is 0. The topological polar surface area (TPSA) is 38.9 Å². The Kier molecular flexibility index (Phi) is 2.80. The van der Waals surface area contributed by atoms with Gasteiger partial charge in [0.15, 0.2) is 0 Å². The molecule has 0 unspecified atom stereocenters. The van der Waals surface area contributed by atoms with Crippen LogP contribution in [0.4, 0.5) is 5.69 Å². The highest BCUT2D eigenvalue weighted by Crippen LogP contribution is 2.38. The number of anilines is 1.